The molecule has 2 saturated carbocycles. The van der Waals surface area contributed by atoms with Crippen molar-refractivity contribution >= 4 is 5.97 Å². The molecule has 4 unspecified atom stereocenters. The lowest BCUT2D eigenvalue weighted by atomic mass is 9.84. The SMILES string of the molecule is CCC(C)(C#N)C(=O)OC1(C)CC2CCC1C2. The predicted octanol–water partition coefficient (Wildman–Crippen LogP) is 3.05. The Morgan fingerprint density at radius 1 is 1.59 bits per heavy atom. The van der Waals surface area contributed by atoms with Crippen molar-refractivity contribution in [3.63, 3.8) is 0 Å². The van der Waals surface area contributed by atoms with Crippen LogP contribution in [0.25, 0.3) is 0 Å². The highest BCUT2D eigenvalue weighted by Crippen LogP contribution is 2.52. The zero-order valence-corrected chi connectivity index (χ0v) is 11.0. The normalized spacial score (nSPS) is 38.5. The molecule has 0 aromatic carbocycles. The standard InChI is InChI=1S/C14H21NO2/c1-4-13(2,9-15)12(16)17-14(3)8-10-5-6-11(14)7-10/h10-11H,4-8H2,1-3H3. The molecule has 0 N–H and O–H groups in total. The lowest BCUT2D eigenvalue weighted by molar-refractivity contribution is -0.172. The van der Waals surface area contributed by atoms with Crippen LogP contribution in [0.5, 0.6) is 0 Å². The van der Waals surface area contributed by atoms with E-state index in [0.29, 0.717) is 12.3 Å². The molecule has 0 amide bonds. The molecule has 2 bridgehead atoms. The molecule has 2 fully saturated rings. The summed E-state index contributed by atoms with van der Waals surface area (Å²) in [6.07, 6.45) is 5.13. The van der Waals surface area contributed by atoms with Crippen molar-refractivity contribution in [3.8, 4) is 6.07 Å². The van der Waals surface area contributed by atoms with E-state index in [0.717, 1.165) is 12.3 Å². The Bertz CT molecular complexity index is 373. The molecule has 0 aromatic rings. The topological polar surface area (TPSA) is 50.1 Å². The molecular formula is C14H21NO2. The van der Waals surface area contributed by atoms with Crippen LogP contribution in [0.15, 0.2) is 0 Å². The van der Waals surface area contributed by atoms with Crippen LogP contribution < -0.4 is 0 Å². The number of nitriles is 1. The maximum atomic E-state index is 12.1. The van der Waals surface area contributed by atoms with E-state index >= 15 is 0 Å². The molecule has 3 nitrogen and oxygen atoms in total. The van der Waals surface area contributed by atoms with Crippen molar-refractivity contribution in [2.75, 3.05) is 0 Å². The average molecular weight is 235 g/mol. The molecule has 2 aliphatic carbocycles. The molecule has 0 heterocycles. The second-order valence-corrected chi connectivity index (χ2v) is 6.08. The van der Waals surface area contributed by atoms with Crippen LogP contribution in [0, 0.1) is 28.6 Å². The van der Waals surface area contributed by atoms with Crippen LogP contribution in [0.3, 0.4) is 0 Å². The molecular weight excluding hydrogens is 214 g/mol. The third-order valence-electron chi connectivity index (χ3n) is 4.83. The lowest BCUT2D eigenvalue weighted by Crippen LogP contribution is -2.41. The van der Waals surface area contributed by atoms with E-state index in [1.165, 1.54) is 19.3 Å². The number of rotatable bonds is 3. The van der Waals surface area contributed by atoms with Gasteiger partial charge in [-0.3, -0.25) is 4.79 Å². The Hall–Kier alpha value is -1.04. The van der Waals surface area contributed by atoms with Gasteiger partial charge in [0.15, 0.2) is 5.41 Å². The Kier molecular flexibility index (Phi) is 2.93. The number of fused-ring (bicyclic) bond motifs is 2. The molecule has 2 rings (SSSR count). The van der Waals surface area contributed by atoms with Crippen LogP contribution in [0.1, 0.15) is 52.9 Å². The van der Waals surface area contributed by atoms with Gasteiger partial charge in [-0.25, -0.2) is 0 Å². The molecule has 2 aliphatic rings. The van der Waals surface area contributed by atoms with Crippen molar-refractivity contribution in [2.45, 2.75) is 58.5 Å². The van der Waals surface area contributed by atoms with Crippen LogP contribution in [-0.4, -0.2) is 11.6 Å². The van der Waals surface area contributed by atoms with E-state index in [2.05, 4.69) is 6.07 Å². The first-order valence-electron chi connectivity index (χ1n) is 6.58. The molecule has 0 spiro atoms. The van der Waals surface area contributed by atoms with Gasteiger partial charge in [-0.2, -0.15) is 5.26 Å². The number of carbonyl (C=O) groups is 1. The first-order valence-corrected chi connectivity index (χ1v) is 6.58. The molecule has 4 atom stereocenters. The minimum absolute atomic E-state index is 0.312. The first kappa shape index (κ1) is 12.4. The van der Waals surface area contributed by atoms with E-state index in [1.54, 1.807) is 6.92 Å². The fourth-order valence-electron chi connectivity index (χ4n) is 3.27. The first-order chi connectivity index (χ1) is 7.93. The molecule has 17 heavy (non-hydrogen) atoms. The molecule has 0 saturated heterocycles. The second-order valence-electron chi connectivity index (χ2n) is 6.08. The Morgan fingerprint density at radius 3 is 2.71 bits per heavy atom. The average Bonchev–Trinajstić information content (AvgIpc) is 2.87. The third kappa shape index (κ3) is 1.94. The summed E-state index contributed by atoms with van der Waals surface area (Å²) < 4.78 is 5.72. The van der Waals surface area contributed by atoms with Crippen LogP contribution in [0.4, 0.5) is 0 Å². The number of esters is 1. The van der Waals surface area contributed by atoms with Crippen LogP contribution in [-0.2, 0) is 9.53 Å². The maximum Gasteiger partial charge on any atom is 0.326 e. The van der Waals surface area contributed by atoms with Crippen molar-refractivity contribution in [1.82, 2.24) is 0 Å². The summed E-state index contributed by atoms with van der Waals surface area (Å²) >= 11 is 0. The number of carbonyl (C=O) groups excluding carboxylic acids is 1. The van der Waals surface area contributed by atoms with Gasteiger partial charge in [0.25, 0.3) is 0 Å². The Labute approximate surface area is 103 Å². The van der Waals surface area contributed by atoms with Gasteiger partial charge in [-0.15, -0.1) is 0 Å². The van der Waals surface area contributed by atoms with E-state index in [1.807, 2.05) is 13.8 Å². The van der Waals surface area contributed by atoms with Crippen LogP contribution in [0.2, 0.25) is 0 Å². The van der Waals surface area contributed by atoms with E-state index in [-0.39, 0.29) is 11.6 Å². The Morgan fingerprint density at radius 2 is 2.29 bits per heavy atom. The van der Waals surface area contributed by atoms with E-state index in [4.69, 9.17) is 10.00 Å². The molecule has 0 radical (unpaired) electrons. The third-order valence-corrected chi connectivity index (χ3v) is 4.83. The highest BCUT2D eigenvalue weighted by molar-refractivity contribution is 5.79. The molecule has 0 aromatic heterocycles. The van der Waals surface area contributed by atoms with Gasteiger partial charge in [0.05, 0.1) is 6.07 Å². The number of ether oxygens (including phenoxy) is 1. The smallest absolute Gasteiger partial charge is 0.326 e. The molecule has 94 valence electrons. The highest BCUT2D eigenvalue weighted by Gasteiger charge is 2.52. The van der Waals surface area contributed by atoms with Gasteiger partial charge >= 0.3 is 5.97 Å². The summed E-state index contributed by atoms with van der Waals surface area (Å²) in [5.41, 5.74) is -1.29. The second kappa shape index (κ2) is 4.01. The van der Waals surface area contributed by atoms with Gasteiger partial charge in [0.2, 0.25) is 0 Å². The fraction of sp³-hybridized carbons (Fsp3) is 0.857. The summed E-state index contributed by atoms with van der Waals surface area (Å²) in [5.74, 6) is 0.904. The van der Waals surface area contributed by atoms with Crippen molar-refractivity contribution in [2.24, 2.45) is 17.3 Å². The van der Waals surface area contributed by atoms with E-state index < -0.39 is 5.41 Å². The summed E-state index contributed by atoms with van der Waals surface area (Å²) in [6.45, 7) is 5.57. The lowest BCUT2D eigenvalue weighted by Gasteiger charge is -2.35. The summed E-state index contributed by atoms with van der Waals surface area (Å²) in [4.78, 5) is 12.1. The quantitative estimate of drug-likeness (QED) is 0.706. The minimum Gasteiger partial charge on any atom is -0.458 e. The van der Waals surface area contributed by atoms with Crippen molar-refractivity contribution in [3.05, 3.63) is 0 Å². The molecule has 0 aliphatic heterocycles. The largest absolute Gasteiger partial charge is 0.458 e. The maximum absolute atomic E-state index is 12.1. The van der Waals surface area contributed by atoms with E-state index in [9.17, 15) is 4.79 Å². The number of hydrogen-bond acceptors (Lipinski definition) is 3. The van der Waals surface area contributed by atoms with Crippen molar-refractivity contribution < 1.29 is 9.53 Å². The summed E-state index contributed by atoms with van der Waals surface area (Å²) in [7, 11) is 0. The summed E-state index contributed by atoms with van der Waals surface area (Å²) in [6, 6.07) is 2.09. The van der Waals surface area contributed by atoms with Crippen LogP contribution >= 0.6 is 0 Å². The van der Waals surface area contributed by atoms with Gasteiger partial charge in [-0.1, -0.05) is 6.92 Å². The number of nitrogens with zero attached hydrogens (tertiary/aromatic N) is 1. The number of hydrogen-bond donors (Lipinski definition) is 0. The van der Waals surface area contributed by atoms with Gasteiger partial charge in [-0.05, 0) is 57.8 Å². The minimum atomic E-state index is -0.981. The van der Waals surface area contributed by atoms with Crippen molar-refractivity contribution in [1.29, 1.82) is 5.26 Å². The highest BCUT2D eigenvalue weighted by atomic mass is 16.6. The molecule has 3 heteroatoms. The fourth-order valence-corrected chi connectivity index (χ4v) is 3.27. The zero-order chi connectivity index (χ0) is 12.7. The van der Waals surface area contributed by atoms with Gasteiger partial charge in [0, 0.05) is 0 Å². The summed E-state index contributed by atoms with van der Waals surface area (Å²) in [5, 5.41) is 9.09. The monoisotopic (exact) mass is 235 g/mol. The predicted molar refractivity (Wildman–Crippen MR) is 64.0 cm³/mol. The Balaban J connectivity index is 2.07. The van der Waals surface area contributed by atoms with Gasteiger partial charge in [0.1, 0.15) is 5.60 Å². The van der Waals surface area contributed by atoms with Gasteiger partial charge < -0.3 is 4.74 Å². The zero-order valence-electron chi connectivity index (χ0n) is 11.0.